The predicted molar refractivity (Wildman–Crippen MR) is 174 cm³/mol. The molecule has 238 valence electrons. The van der Waals surface area contributed by atoms with Crippen LogP contribution in [0.5, 0.6) is 17.2 Å². The van der Waals surface area contributed by atoms with Gasteiger partial charge in [-0.3, -0.25) is 14.2 Å². The van der Waals surface area contributed by atoms with E-state index in [2.05, 4.69) is 5.32 Å². The average molecular weight is 654 g/mol. The Morgan fingerprint density at radius 1 is 1.06 bits per heavy atom. The normalized spacial score (nSPS) is 19.6. The predicted octanol–water partition coefficient (Wildman–Crippen LogP) is 5.50. The SMILES string of the molecule is COc1ccc(/C=c2/sc3n(c2=O)[C@H]2c4ccccc4O[C@@](C)(N=3)[C@H]2C(=O)Nc2ccccc2C)cc1COc1ccc(F)cc1F. The van der Waals surface area contributed by atoms with Gasteiger partial charge in [-0.25, -0.2) is 13.8 Å². The number of carbonyl (C=O) groups excluding carboxylic acids is 1. The van der Waals surface area contributed by atoms with Crippen molar-refractivity contribution in [3.63, 3.8) is 0 Å². The molecule has 3 atom stereocenters. The van der Waals surface area contributed by atoms with Gasteiger partial charge < -0.3 is 19.5 Å². The summed E-state index contributed by atoms with van der Waals surface area (Å²) in [6.45, 7) is 3.63. The van der Waals surface area contributed by atoms with Crippen molar-refractivity contribution in [3.05, 3.63) is 139 Å². The number of benzene rings is 4. The zero-order valence-corrected chi connectivity index (χ0v) is 26.4. The molecule has 47 heavy (non-hydrogen) atoms. The number of rotatable bonds is 7. The van der Waals surface area contributed by atoms with Crippen molar-refractivity contribution in [3.8, 4) is 17.2 Å². The molecule has 1 amide bonds. The van der Waals surface area contributed by atoms with Gasteiger partial charge in [0.15, 0.2) is 16.4 Å². The molecule has 0 radical (unpaired) electrons. The number of nitrogens with one attached hydrogen (secondary N) is 1. The summed E-state index contributed by atoms with van der Waals surface area (Å²) in [4.78, 5) is 33.5. The van der Waals surface area contributed by atoms with Gasteiger partial charge in [0, 0.05) is 22.9 Å². The maximum Gasteiger partial charge on any atom is 0.270 e. The number of carbonyl (C=O) groups is 1. The van der Waals surface area contributed by atoms with Crippen LogP contribution in [0.4, 0.5) is 14.5 Å². The Morgan fingerprint density at radius 3 is 2.62 bits per heavy atom. The second-order valence-corrected chi connectivity index (χ2v) is 12.5. The van der Waals surface area contributed by atoms with Crippen molar-refractivity contribution in [1.29, 1.82) is 0 Å². The molecule has 0 saturated heterocycles. The number of fused-ring (bicyclic) bond motifs is 6. The molecular formula is C36H29F2N3O5S. The van der Waals surface area contributed by atoms with Crippen molar-refractivity contribution < 1.29 is 27.8 Å². The van der Waals surface area contributed by atoms with Crippen LogP contribution in [0.2, 0.25) is 0 Å². The van der Waals surface area contributed by atoms with E-state index in [1.54, 1.807) is 35.8 Å². The first-order valence-electron chi connectivity index (χ1n) is 14.9. The Hall–Kier alpha value is -5.29. The summed E-state index contributed by atoms with van der Waals surface area (Å²) in [7, 11) is 1.51. The van der Waals surface area contributed by atoms with E-state index < -0.39 is 29.3 Å². The molecule has 0 unspecified atom stereocenters. The Morgan fingerprint density at radius 2 is 1.83 bits per heavy atom. The molecule has 11 heteroatoms. The van der Waals surface area contributed by atoms with Crippen LogP contribution in [0.25, 0.3) is 6.08 Å². The lowest BCUT2D eigenvalue weighted by molar-refractivity contribution is -0.131. The maximum atomic E-state index is 14.2. The summed E-state index contributed by atoms with van der Waals surface area (Å²) in [5, 5.41) is 3.04. The molecule has 4 aromatic carbocycles. The zero-order chi connectivity index (χ0) is 32.9. The fraction of sp³-hybridized carbons (Fsp3) is 0.194. The van der Waals surface area contributed by atoms with Gasteiger partial charge in [0.2, 0.25) is 11.6 Å². The molecule has 8 nitrogen and oxygen atoms in total. The molecule has 0 spiro atoms. The topological polar surface area (TPSA) is 91.2 Å². The number of hydrogen-bond acceptors (Lipinski definition) is 7. The lowest BCUT2D eigenvalue weighted by Gasteiger charge is -2.45. The van der Waals surface area contributed by atoms with E-state index in [1.807, 2.05) is 55.5 Å². The molecule has 0 fully saturated rings. The minimum atomic E-state index is -1.28. The highest BCUT2D eigenvalue weighted by Gasteiger charge is 2.55. The minimum Gasteiger partial charge on any atom is -0.496 e. The standard InChI is InChI=1S/C36H29F2N3O5S/c1-20-8-4-6-10-26(20)39-33(42)31-32-24-9-5-7-11-28(24)46-36(31,2)40-35-41(32)34(43)30(47-35)17-21-12-14-27(44-3)22(16-21)19-45-29-15-13-23(37)18-25(29)38/h4-18,31-32H,19H2,1-3H3,(H,39,42)/b30-17+/t31-,32+,36-/m1/s1. The van der Waals surface area contributed by atoms with Crippen LogP contribution in [0.15, 0.2) is 94.7 Å². The summed E-state index contributed by atoms with van der Waals surface area (Å²) in [6.07, 6.45) is 1.73. The summed E-state index contributed by atoms with van der Waals surface area (Å²) < 4.78 is 47.1. The molecule has 2 aliphatic rings. The number of para-hydroxylation sites is 2. The van der Waals surface area contributed by atoms with E-state index in [1.165, 1.54) is 24.5 Å². The van der Waals surface area contributed by atoms with Crippen LogP contribution < -0.4 is 34.4 Å². The molecule has 7 rings (SSSR count). The van der Waals surface area contributed by atoms with E-state index in [9.17, 15) is 18.4 Å². The van der Waals surface area contributed by atoms with E-state index in [0.29, 0.717) is 37.6 Å². The lowest BCUT2D eigenvalue weighted by Crippen LogP contribution is -2.59. The number of ether oxygens (including phenoxy) is 3. The smallest absolute Gasteiger partial charge is 0.270 e. The van der Waals surface area contributed by atoms with Crippen molar-refractivity contribution in [2.45, 2.75) is 32.2 Å². The lowest BCUT2D eigenvalue weighted by atomic mass is 9.80. The molecule has 3 heterocycles. The van der Waals surface area contributed by atoms with Crippen molar-refractivity contribution >= 4 is 29.0 Å². The Bertz CT molecular complexity index is 2230. The summed E-state index contributed by atoms with van der Waals surface area (Å²) >= 11 is 1.21. The largest absolute Gasteiger partial charge is 0.496 e. The van der Waals surface area contributed by atoms with E-state index >= 15 is 0 Å². The zero-order valence-electron chi connectivity index (χ0n) is 25.6. The first-order chi connectivity index (χ1) is 22.6. The van der Waals surface area contributed by atoms with Crippen LogP contribution in [-0.4, -0.2) is 23.3 Å². The molecule has 1 N–H and O–H groups in total. The van der Waals surface area contributed by atoms with Gasteiger partial charge in [0.1, 0.15) is 29.8 Å². The molecule has 2 bridgehead atoms. The number of aryl methyl sites for hydroxylation is 1. The minimum absolute atomic E-state index is 0.0606. The number of amides is 1. The van der Waals surface area contributed by atoms with E-state index in [4.69, 9.17) is 19.2 Å². The summed E-state index contributed by atoms with van der Waals surface area (Å²) in [5.41, 5.74) is 1.98. The summed E-state index contributed by atoms with van der Waals surface area (Å²) in [5.74, 6) is -1.71. The number of halogens is 2. The number of methoxy groups -OCH3 is 1. The van der Waals surface area contributed by atoms with E-state index in [-0.39, 0.29) is 23.8 Å². The Kier molecular flexibility index (Phi) is 7.63. The quantitative estimate of drug-likeness (QED) is 0.251. The van der Waals surface area contributed by atoms with Crippen LogP contribution in [0.3, 0.4) is 0 Å². The van der Waals surface area contributed by atoms with Crippen molar-refractivity contribution in [2.75, 3.05) is 12.4 Å². The van der Waals surface area contributed by atoms with Gasteiger partial charge in [-0.05, 0) is 67.4 Å². The fourth-order valence-electron chi connectivity index (χ4n) is 6.17. The van der Waals surface area contributed by atoms with Crippen molar-refractivity contribution in [1.82, 2.24) is 4.57 Å². The van der Waals surface area contributed by atoms with Gasteiger partial charge in [0.25, 0.3) is 5.56 Å². The number of anilines is 1. The van der Waals surface area contributed by atoms with Crippen LogP contribution >= 0.6 is 11.3 Å². The van der Waals surface area contributed by atoms with Gasteiger partial charge >= 0.3 is 0 Å². The maximum absolute atomic E-state index is 14.2. The second-order valence-electron chi connectivity index (χ2n) is 11.5. The van der Waals surface area contributed by atoms with Gasteiger partial charge in [-0.2, -0.15) is 0 Å². The molecule has 0 aliphatic carbocycles. The molecule has 1 aromatic heterocycles. The van der Waals surface area contributed by atoms with Gasteiger partial charge in [-0.1, -0.05) is 53.8 Å². The number of nitrogens with zero attached hydrogens (tertiary/aromatic N) is 2. The summed E-state index contributed by atoms with van der Waals surface area (Å²) in [6, 6.07) is 22.6. The Labute approximate surface area is 272 Å². The third-order valence-electron chi connectivity index (χ3n) is 8.44. The highest BCUT2D eigenvalue weighted by atomic mass is 32.1. The van der Waals surface area contributed by atoms with Gasteiger partial charge in [-0.15, -0.1) is 0 Å². The molecule has 5 aromatic rings. The van der Waals surface area contributed by atoms with Crippen LogP contribution in [0.1, 0.15) is 35.2 Å². The van der Waals surface area contributed by atoms with Gasteiger partial charge in [0.05, 0.1) is 17.7 Å². The van der Waals surface area contributed by atoms with Crippen LogP contribution in [-0.2, 0) is 11.4 Å². The first-order valence-corrected chi connectivity index (χ1v) is 15.7. The van der Waals surface area contributed by atoms with Crippen LogP contribution in [0, 0.1) is 24.5 Å². The average Bonchev–Trinajstić information content (AvgIpc) is 3.34. The van der Waals surface area contributed by atoms with Crippen molar-refractivity contribution in [2.24, 2.45) is 10.9 Å². The highest BCUT2D eigenvalue weighted by molar-refractivity contribution is 7.07. The fourth-order valence-corrected chi connectivity index (χ4v) is 7.27. The highest BCUT2D eigenvalue weighted by Crippen LogP contribution is 2.47. The Balaban J connectivity index is 1.29. The third-order valence-corrected chi connectivity index (χ3v) is 9.43. The first kappa shape index (κ1) is 30.4. The number of thiazole rings is 1. The molecule has 2 aliphatic heterocycles. The van der Waals surface area contributed by atoms with E-state index in [0.717, 1.165) is 23.3 Å². The number of aromatic nitrogens is 1. The second kappa shape index (κ2) is 11.8. The third kappa shape index (κ3) is 5.46. The number of hydrogen-bond donors (Lipinski definition) is 1. The molecule has 0 saturated carbocycles. The monoisotopic (exact) mass is 653 g/mol. The molecular weight excluding hydrogens is 624 g/mol.